The van der Waals surface area contributed by atoms with Crippen molar-refractivity contribution in [1.82, 2.24) is 4.90 Å². The lowest BCUT2D eigenvalue weighted by molar-refractivity contribution is 0.0942. The number of rotatable bonds is 5. The summed E-state index contributed by atoms with van der Waals surface area (Å²) in [6, 6.07) is 14.5. The highest BCUT2D eigenvalue weighted by molar-refractivity contribution is 6.32. The Balaban J connectivity index is 1.98. The predicted octanol–water partition coefficient (Wildman–Crippen LogP) is 3.36. The lowest BCUT2D eigenvalue weighted by Crippen LogP contribution is -2.25. The van der Waals surface area contributed by atoms with Crippen LogP contribution in [0.1, 0.15) is 15.9 Å². The van der Waals surface area contributed by atoms with Crippen molar-refractivity contribution in [2.45, 2.75) is 6.54 Å². The highest BCUT2D eigenvalue weighted by Crippen LogP contribution is 2.23. The summed E-state index contributed by atoms with van der Waals surface area (Å²) in [6.07, 6.45) is 0. The van der Waals surface area contributed by atoms with Crippen LogP contribution in [0.4, 0.5) is 0 Å². The minimum Gasteiger partial charge on any atom is -0.506 e. The molecule has 0 saturated carbocycles. The maximum absolute atomic E-state index is 12.1. The first-order valence-corrected chi connectivity index (χ1v) is 6.68. The summed E-state index contributed by atoms with van der Waals surface area (Å²) in [5, 5.41) is 9.77. The summed E-state index contributed by atoms with van der Waals surface area (Å²) >= 11 is 5.73. The van der Waals surface area contributed by atoms with E-state index in [-0.39, 0.29) is 23.1 Å². The van der Waals surface area contributed by atoms with Gasteiger partial charge in [-0.15, -0.1) is 0 Å². The van der Waals surface area contributed by atoms with Crippen LogP contribution in [-0.2, 0) is 6.54 Å². The molecule has 0 aliphatic carbocycles. The number of nitrogens with zero attached hydrogens (tertiary/aromatic N) is 1. The van der Waals surface area contributed by atoms with Crippen molar-refractivity contribution in [2.24, 2.45) is 0 Å². The van der Waals surface area contributed by atoms with E-state index in [4.69, 9.17) is 11.6 Å². The fourth-order valence-corrected chi connectivity index (χ4v) is 2.09. The van der Waals surface area contributed by atoms with Crippen molar-refractivity contribution in [3.8, 4) is 5.75 Å². The third-order valence-corrected chi connectivity index (χ3v) is 3.30. The highest BCUT2D eigenvalue weighted by Gasteiger charge is 2.11. The van der Waals surface area contributed by atoms with E-state index < -0.39 is 0 Å². The summed E-state index contributed by atoms with van der Waals surface area (Å²) in [4.78, 5) is 14.0. The van der Waals surface area contributed by atoms with Crippen LogP contribution >= 0.6 is 11.6 Å². The molecule has 0 aliphatic heterocycles. The quantitative estimate of drug-likeness (QED) is 0.858. The minimum atomic E-state index is -0.0665. The lowest BCUT2D eigenvalue weighted by Gasteiger charge is -2.16. The number of hydrogen-bond donors (Lipinski definition) is 1. The molecule has 0 fully saturated rings. The maximum Gasteiger partial charge on any atom is 0.176 e. The molecule has 4 heteroatoms. The molecule has 104 valence electrons. The Bertz CT molecular complexity index is 599. The second kappa shape index (κ2) is 6.55. The van der Waals surface area contributed by atoms with Gasteiger partial charge in [0.05, 0.1) is 11.6 Å². The van der Waals surface area contributed by atoms with Crippen LogP contribution in [0.15, 0.2) is 48.5 Å². The molecule has 3 nitrogen and oxygen atoms in total. The van der Waals surface area contributed by atoms with Gasteiger partial charge in [-0.25, -0.2) is 0 Å². The van der Waals surface area contributed by atoms with Gasteiger partial charge >= 0.3 is 0 Å². The van der Waals surface area contributed by atoms with E-state index in [1.54, 1.807) is 6.07 Å². The molecular weight excluding hydrogens is 274 g/mol. The standard InChI is InChI=1S/C16H16ClNO2/c1-18(10-12-5-3-2-4-6-12)11-16(20)13-7-8-14(17)15(19)9-13/h2-9,19H,10-11H2,1H3. The van der Waals surface area contributed by atoms with Crippen molar-refractivity contribution in [2.75, 3.05) is 13.6 Å². The molecule has 2 aromatic rings. The molecule has 1 N–H and O–H groups in total. The number of ketones is 1. The van der Waals surface area contributed by atoms with Crippen LogP contribution in [0.2, 0.25) is 5.02 Å². The zero-order valence-electron chi connectivity index (χ0n) is 11.2. The summed E-state index contributed by atoms with van der Waals surface area (Å²) in [7, 11) is 1.89. The van der Waals surface area contributed by atoms with Crippen LogP contribution in [0.3, 0.4) is 0 Å². The Morgan fingerprint density at radius 2 is 1.90 bits per heavy atom. The van der Waals surface area contributed by atoms with Gasteiger partial charge in [-0.2, -0.15) is 0 Å². The first-order valence-electron chi connectivity index (χ1n) is 6.30. The Morgan fingerprint density at radius 1 is 1.20 bits per heavy atom. The van der Waals surface area contributed by atoms with Gasteiger partial charge in [0.25, 0.3) is 0 Å². The van der Waals surface area contributed by atoms with Crippen molar-refractivity contribution in [3.05, 3.63) is 64.7 Å². The van der Waals surface area contributed by atoms with Gasteiger partial charge < -0.3 is 5.11 Å². The van der Waals surface area contributed by atoms with Gasteiger partial charge in [-0.05, 0) is 30.8 Å². The SMILES string of the molecule is CN(CC(=O)c1ccc(Cl)c(O)c1)Cc1ccccc1. The van der Waals surface area contributed by atoms with Gasteiger partial charge in [0.15, 0.2) is 5.78 Å². The number of phenols is 1. The van der Waals surface area contributed by atoms with Crippen molar-refractivity contribution in [3.63, 3.8) is 0 Å². The van der Waals surface area contributed by atoms with E-state index in [0.717, 1.165) is 5.56 Å². The number of carbonyl (C=O) groups excluding carboxylic acids is 1. The highest BCUT2D eigenvalue weighted by atomic mass is 35.5. The Morgan fingerprint density at radius 3 is 2.55 bits per heavy atom. The number of halogens is 1. The number of benzene rings is 2. The third kappa shape index (κ3) is 3.83. The van der Waals surface area contributed by atoms with Crippen molar-refractivity contribution in [1.29, 1.82) is 0 Å². The van der Waals surface area contributed by atoms with Crippen molar-refractivity contribution >= 4 is 17.4 Å². The molecule has 0 unspecified atom stereocenters. The average molecular weight is 290 g/mol. The predicted molar refractivity (Wildman–Crippen MR) is 80.2 cm³/mol. The Hall–Kier alpha value is -1.84. The van der Waals surface area contributed by atoms with Crippen molar-refractivity contribution < 1.29 is 9.90 Å². The molecule has 0 heterocycles. The molecule has 0 aliphatic rings. The van der Waals surface area contributed by atoms with Crippen LogP contribution in [0.5, 0.6) is 5.75 Å². The van der Waals surface area contributed by atoms with E-state index in [1.807, 2.05) is 42.3 Å². The average Bonchev–Trinajstić information content (AvgIpc) is 2.42. The molecular formula is C16H16ClNO2. The number of Topliss-reactive ketones (excluding diaryl/α,β-unsaturated/α-hetero) is 1. The molecule has 0 saturated heterocycles. The monoisotopic (exact) mass is 289 g/mol. The summed E-state index contributed by atoms with van der Waals surface area (Å²) in [5.41, 5.74) is 1.62. The fourth-order valence-electron chi connectivity index (χ4n) is 1.97. The normalized spacial score (nSPS) is 10.8. The van der Waals surface area contributed by atoms with Gasteiger partial charge in [-0.1, -0.05) is 41.9 Å². The van der Waals surface area contributed by atoms with E-state index >= 15 is 0 Å². The summed E-state index contributed by atoms with van der Waals surface area (Å²) < 4.78 is 0. The smallest absolute Gasteiger partial charge is 0.176 e. The summed E-state index contributed by atoms with van der Waals surface area (Å²) in [5.74, 6) is -0.112. The molecule has 0 amide bonds. The molecule has 2 aromatic carbocycles. The zero-order chi connectivity index (χ0) is 14.5. The first-order chi connectivity index (χ1) is 9.56. The fraction of sp³-hybridized carbons (Fsp3) is 0.188. The number of carbonyl (C=O) groups is 1. The van der Waals surface area contributed by atoms with Gasteiger partial charge in [-0.3, -0.25) is 9.69 Å². The molecule has 2 rings (SSSR count). The third-order valence-electron chi connectivity index (χ3n) is 2.98. The largest absolute Gasteiger partial charge is 0.506 e. The van der Waals surface area contributed by atoms with E-state index in [1.165, 1.54) is 12.1 Å². The Labute approximate surface area is 123 Å². The maximum atomic E-state index is 12.1. The molecule has 0 bridgehead atoms. The van der Waals surface area contributed by atoms with Gasteiger partial charge in [0.2, 0.25) is 0 Å². The topological polar surface area (TPSA) is 40.5 Å². The second-order valence-electron chi connectivity index (χ2n) is 4.75. The number of hydrogen-bond acceptors (Lipinski definition) is 3. The molecule has 20 heavy (non-hydrogen) atoms. The number of phenolic OH excluding ortho intramolecular Hbond substituents is 1. The molecule has 0 atom stereocenters. The van der Waals surface area contributed by atoms with Crippen LogP contribution in [0.25, 0.3) is 0 Å². The summed E-state index contributed by atoms with van der Waals surface area (Å²) in [6.45, 7) is 0.988. The Kier molecular flexibility index (Phi) is 4.77. The van der Waals surface area contributed by atoms with Gasteiger partial charge in [0, 0.05) is 12.1 Å². The van der Waals surface area contributed by atoms with E-state index in [2.05, 4.69) is 0 Å². The van der Waals surface area contributed by atoms with Crippen LogP contribution in [-0.4, -0.2) is 29.4 Å². The molecule has 0 spiro atoms. The molecule has 0 radical (unpaired) electrons. The first kappa shape index (κ1) is 14.6. The van der Waals surface area contributed by atoms with Gasteiger partial charge in [0.1, 0.15) is 5.75 Å². The zero-order valence-corrected chi connectivity index (χ0v) is 12.0. The van der Waals surface area contributed by atoms with Crippen LogP contribution in [0, 0.1) is 0 Å². The van der Waals surface area contributed by atoms with E-state index in [0.29, 0.717) is 12.1 Å². The molecule has 0 aromatic heterocycles. The number of aromatic hydroxyl groups is 1. The van der Waals surface area contributed by atoms with Crippen LogP contribution < -0.4 is 0 Å². The number of likely N-dealkylation sites (N-methyl/N-ethyl adjacent to an activating group) is 1. The lowest BCUT2D eigenvalue weighted by atomic mass is 10.1. The second-order valence-corrected chi connectivity index (χ2v) is 5.15. The van der Waals surface area contributed by atoms with E-state index in [9.17, 15) is 9.90 Å². The minimum absolute atomic E-state index is 0.0459.